The summed E-state index contributed by atoms with van der Waals surface area (Å²) in [5, 5.41) is 0. The van der Waals surface area contributed by atoms with Crippen LogP contribution in [0.3, 0.4) is 0 Å². The first-order valence-corrected chi connectivity index (χ1v) is 4.75. The number of alkyl halides is 2. The Kier molecular flexibility index (Phi) is 4.93. The summed E-state index contributed by atoms with van der Waals surface area (Å²) < 4.78 is 30.2. The second-order valence-corrected chi connectivity index (χ2v) is 4.09. The molecule has 0 aromatic heterocycles. The van der Waals surface area contributed by atoms with E-state index in [1.54, 1.807) is 13.8 Å². The Morgan fingerprint density at radius 1 is 1.33 bits per heavy atom. The van der Waals surface area contributed by atoms with Gasteiger partial charge in [-0.2, -0.15) is 0 Å². The first-order valence-electron chi connectivity index (χ1n) is 4.75. The van der Waals surface area contributed by atoms with Gasteiger partial charge in [0.15, 0.2) is 0 Å². The van der Waals surface area contributed by atoms with Crippen molar-refractivity contribution in [1.29, 1.82) is 0 Å². The van der Waals surface area contributed by atoms with Gasteiger partial charge in [0, 0.05) is 6.42 Å². The van der Waals surface area contributed by atoms with Gasteiger partial charge >= 0.3 is 6.09 Å². The molecule has 0 saturated carbocycles. The molecule has 90 valence electrons. The van der Waals surface area contributed by atoms with Gasteiger partial charge in [-0.25, -0.2) is 13.6 Å². The number of carbonyl (C=O) groups is 1. The first kappa shape index (κ1) is 14.1. The van der Waals surface area contributed by atoms with Gasteiger partial charge in [-0.15, -0.1) is 0 Å². The zero-order valence-electron chi connectivity index (χ0n) is 9.06. The van der Waals surface area contributed by atoms with E-state index in [1.807, 2.05) is 0 Å². The molecule has 1 amide bonds. The SMILES string of the molecule is CC(C)(CCCC(F)(F)CN)OC(N)=O. The maximum atomic E-state index is 12.7. The van der Waals surface area contributed by atoms with Crippen molar-refractivity contribution in [1.82, 2.24) is 0 Å². The number of amides is 1. The molecule has 0 aliphatic carbocycles. The zero-order chi connectivity index (χ0) is 12.1. The summed E-state index contributed by atoms with van der Waals surface area (Å²) >= 11 is 0. The molecule has 15 heavy (non-hydrogen) atoms. The fourth-order valence-electron chi connectivity index (χ4n) is 1.20. The second-order valence-electron chi connectivity index (χ2n) is 4.09. The van der Waals surface area contributed by atoms with E-state index in [9.17, 15) is 13.6 Å². The summed E-state index contributed by atoms with van der Waals surface area (Å²) in [4.78, 5) is 10.5. The molecule has 0 aromatic carbocycles. The molecule has 0 aliphatic heterocycles. The predicted octanol–water partition coefficient (Wildman–Crippen LogP) is 1.62. The topological polar surface area (TPSA) is 78.3 Å². The molecule has 6 heteroatoms. The third kappa shape index (κ3) is 7.07. The van der Waals surface area contributed by atoms with Crippen molar-refractivity contribution in [3.8, 4) is 0 Å². The van der Waals surface area contributed by atoms with Crippen molar-refractivity contribution in [2.24, 2.45) is 11.5 Å². The fraction of sp³-hybridized carbons (Fsp3) is 0.889. The van der Waals surface area contributed by atoms with Crippen molar-refractivity contribution in [3.05, 3.63) is 0 Å². The lowest BCUT2D eigenvalue weighted by Gasteiger charge is -2.24. The summed E-state index contributed by atoms with van der Waals surface area (Å²) in [6, 6.07) is 0. The molecule has 0 atom stereocenters. The van der Waals surface area contributed by atoms with E-state index in [4.69, 9.17) is 16.2 Å². The summed E-state index contributed by atoms with van der Waals surface area (Å²) in [6.07, 6.45) is -0.656. The second kappa shape index (κ2) is 5.25. The van der Waals surface area contributed by atoms with E-state index in [0.717, 1.165) is 0 Å². The molecule has 0 heterocycles. The summed E-state index contributed by atoms with van der Waals surface area (Å²) in [5.74, 6) is -2.84. The Morgan fingerprint density at radius 3 is 2.27 bits per heavy atom. The third-order valence-corrected chi connectivity index (χ3v) is 2.00. The fourth-order valence-corrected chi connectivity index (χ4v) is 1.20. The third-order valence-electron chi connectivity index (χ3n) is 2.00. The van der Waals surface area contributed by atoms with E-state index in [2.05, 4.69) is 0 Å². The van der Waals surface area contributed by atoms with Crippen LogP contribution in [0.2, 0.25) is 0 Å². The summed E-state index contributed by atoms with van der Waals surface area (Å²) in [7, 11) is 0. The molecule has 0 rings (SSSR count). The van der Waals surface area contributed by atoms with Crippen LogP contribution >= 0.6 is 0 Å². The largest absolute Gasteiger partial charge is 0.444 e. The molecule has 0 saturated heterocycles. The van der Waals surface area contributed by atoms with Gasteiger partial charge in [-0.05, 0) is 26.7 Å². The number of hydrogen-bond donors (Lipinski definition) is 2. The monoisotopic (exact) mass is 224 g/mol. The molecule has 0 spiro atoms. The van der Waals surface area contributed by atoms with Crippen molar-refractivity contribution < 1.29 is 18.3 Å². The number of halogens is 2. The average Bonchev–Trinajstić information content (AvgIpc) is 2.00. The van der Waals surface area contributed by atoms with Gasteiger partial charge in [0.1, 0.15) is 5.60 Å². The Bertz CT molecular complexity index is 220. The van der Waals surface area contributed by atoms with E-state index < -0.39 is 24.2 Å². The normalized spacial score (nSPS) is 12.6. The molecular formula is C9H18F2N2O2. The minimum atomic E-state index is -2.84. The Morgan fingerprint density at radius 2 is 1.87 bits per heavy atom. The standard InChI is InChI=1S/C9H18F2N2O2/c1-8(2,15-7(13)14)4-3-5-9(10,11)6-12/h3-6,12H2,1-2H3,(H2,13,14). The van der Waals surface area contributed by atoms with Crippen LogP contribution in [0.5, 0.6) is 0 Å². The molecule has 0 bridgehead atoms. The van der Waals surface area contributed by atoms with Gasteiger partial charge < -0.3 is 16.2 Å². The highest BCUT2D eigenvalue weighted by Crippen LogP contribution is 2.24. The number of ether oxygens (including phenoxy) is 1. The smallest absolute Gasteiger partial charge is 0.405 e. The minimum absolute atomic E-state index is 0.227. The summed E-state index contributed by atoms with van der Waals surface area (Å²) in [5.41, 5.74) is 8.91. The first-order chi connectivity index (χ1) is 6.68. The molecule has 0 fully saturated rings. The van der Waals surface area contributed by atoms with Crippen molar-refractivity contribution in [3.63, 3.8) is 0 Å². The Hall–Kier alpha value is -0.910. The maximum absolute atomic E-state index is 12.7. The molecule has 4 N–H and O–H groups in total. The Labute approximate surface area is 87.9 Å². The van der Waals surface area contributed by atoms with Crippen LogP contribution < -0.4 is 11.5 Å². The van der Waals surface area contributed by atoms with Gasteiger partial charge in [0.05, 0.1) is 6.54 Å². The van der Waals surface area contributed by atoms with Crippen LogP contribution in [-0.2, 0) is 4.74 Å². The highest BCUT2D eigenvalue weighted by atomic mass is 19.3. The van der Waals surface area contributed by atoms with Crippen molar-refractivity contribution >= 4 is 6.09 Å². The minimum Gasteiger partial charge on any atom is -0.444 e. The zero-order valence-corrected chi connectivity index (χ0v) is 9.06. The highest BCUT2D eigenvalue weighted by Gasteiger charge is 2.28. The van der Waals surface area contributed by atoms with E-state index >= 15 is 0 Å². The molecule has 0 unspecified atom stereocenters. The van der Waals surface area contributed by atoms with Gasteiger partial charge in [0.2, 0.25) is 0 Å². The van der Waals surface area contributed by atoms with Crippen LogP contribution in [0.15, 0.2) is 0 Å². The maximum Gasteiger partial charge on any atom is 0.405 e. The molecule has 0 aliphatic rings. The number of nitrogens with two attached hydrogens (primary N) is 2. The lowest BCUT2D eigenvalue weighted by molar-refractivity contribution is -0.0109. The quantitative estimate of drug-likeness (QED) is 0.719. The van der Waals surface area contributed by atoms with Crippen LogP contribution in [-0.4, -0.2) is 24.2 Å². The molecule has 0 aromatic rings. The lowest BCUT2D eigenvalue weighted by Crippen LogP contribution is -2.32. The average molecular weight is 224 g/mol. The summed E-state index contributed by atoms with van der Waals surface area (Å²) in [6.45, 7) is 2.58. The highest BCUT2D eigenvalue weighted by molar-refractivity contribution is 5.65. The van der Waals surface area contributed by atoms with E-state index in [-0.39, 0.29) is 12.8 Å². The van der Waals surface area contributed by atoms with Gasteiger partial charge in [-0.3, -0.25) is 0 Å². The van der Waals surface area contributed by atoms with Crippen LogP contribution in [0.25, 0.3) is 0 Å². The number of hydrogen-bond acceptors (Lipinski definition) is 3. The van der Waals surface area contributed by atoms with Crippen LogP contribution in [0.4, 0.5) is 13.6 Å². The van der Waals surface area contributed by atoms with Crippen molar-refractivity contribution in [2.45, 2.75) is 44.6 Å². The number of primary amides is 1. The number of carbonyl (C=O) groups excluding carboxylic acids is 1. The van der Waals surface area contributed by atoms with Crippen molar-refractivity contribution in [2.75, 3.05) is 6.54 Å². The molecular weight excluding hydrogens is 206 g/mol. The molecule has 4 nitrogen and oxygen atoms in total. The molecule has 0 radical (unpaired) electrons. The lowest BCUT2D eigenvalue weighted by atomic mass is 9.99. The van der Waals surface area contributed by atoms with Crippen LogP contribution in [0.1, 0.15) is 33.1 Å². The van der Waals surface area contributed by atoms with Crippen LogP contribution in [0, 0.1) is 0 Å². The van der Waals surface area contributed by atoms with E-state index in [1.165, 1.54) is 0 Å². The number of rotatable bonds is 6. The predicted molar refractivity (Wildman–Crippen MR) is 52.6 cm³/mol. The van der Waals surface area contributed by atoms with Gasteiger partial charge in [0.25, 0.3) is 5.92 Å². The van der Waals surface area contributed by atoms with Gasteiger partial charge in [-0.1, -0.05) is 0 Å². The van der Waals surface area contributed by atoms with E-state index in [0.29, 0.717) is 6.42 Å². The Balaban J connectivity index is 3.89.